The van der Waals surface area contributed by atoms with Gasteiger partial charge in [-0.3, -0.25) is 0 Å². The van der Waals surface area contributed by atoms with Gasteiger partial charge in [0.25, 0.3) is 0 Å². The summed E-state index contributed by atoms with van der Waals surface area (Å²) in [6.07, 6.45) is 0. The van der Waals surface area contributed by atoms with E-state index in [1.165, 1.54) is 6.07 Å². The highest BCUT2D eigenvalue weighted by atomic mass is 79.9. The van der Waals surface area contributed by atoms with Crippen molar-refractivity contribution in [3.63, 3.8) is 0 Å². The molecule has 0 spiro atoms. The van der Waals surface area contributed by atoms with Crippen LogP contribution in [0.15, 0.2) is 46.9 Å². The minimum atomic E-state index is -0.220. The van der Waals surface area contributed by atoms with Crippen LogP contribution in [0.4, 0.5) is 15.8 Å². The molecule has 21 heavy (non-hydrogen) atoms. The van der Waals surface area contributed by atoms with Gasteiger partial charge in [-0.1, -0.05) is 41.1 Å². The van der Waals surface area contributed by atoms with Gasteiger partial charge >= 0.3 is 0 Å². The minimum absolute atomic E-state index is 0.201. The molecule has 1 unspecified atom stereocenters. The van der Waals surface area contributed by atoms with E-state index >= 15 is 0 Å². The lowest BCUT2D eigenvalue weighted by Crippen LogP contribution is -2.21. The highest BCUT2D eigenvalue weighted by Gasteiger charge is 2.16. The van der Waals surface area contributed by atoms with Crippen LogP contribution in [0, 0.1) is 5.82 Å². The first-order valence-corrected chi connectivity index (χ1v) is 7.85. The Hall–Kier alpha value is -1.39. The van der Waals surface area contributed by atoms with Crippen molar-refractivity contribution in [2.24, 2.45) is 0 Å². The van der Waals surface area contributed by atoms with Crippen molar-refractivity contribution in [2.75, 3.05) is 18.5 Å². The van der Waals surface area contributed by atoms with Crippen molar-refractivity contribution >= 4 is 27.3 Å². The molecule has 0 bridgehead atoms. The van der Waals surface area contributed by atoms with Gasteiger partial charge in [0.1, 0.15) is 5.82 Å². The first kappa shape index (κ1) is 16.0. The van der Waals surface area contributed by atoms with Crippen LogP contribution in [-0.2, 0) is 0 Å². The maximum atomic E-state index is 14.0. The molecule has 2 aromatic rings. The second kappa shape index (κ2) is 7.05. The third-order valence-corrected chi connectivity index (χ3v) is 4.04. The van der Waals surface area contributed by atoms with Crippen molar-refractivity contribution in [3.05, 3.63) is 58.3 Å². The Morgan fingerprint density at radius 1 is 1.19 bits per heavy atom. The topological polar surface area (TPSA) is 15.3 Å². The molecular formula is C17H20BrFN2. The molecule has 0 aliphatic carbocycles. The van der Waals surface area contributed by atoms with Gasteiger partial charge in [0.15, 0.2) is 0 Å². The number of hydrogen-bond acceptors (Lipinski definition) is 2. The molecule has 0 aromatic heterocycles. The van der Waals surface area contributed by atoms with Gasteiger partial charge in [0.2, 0.25) is 0 Å². The average Bonchev–Trinajstić information content (AvgIpc) is 2.47. The van der Waals surface area contributed by atoms with E-state index in [0.29, 0.717) is 5.69 Å². The first-order chi connectivity index (χ1) is 10.0. The van der Waals surface area contributed by atoms with Gasteiger partial charge in [-0.15, -0.1) is 0 Å². The molecule has 0 radical (unpaired) electrons. The summed E-state index contributed by atoms with van der Waals surface area (Å²) < 4.78 is 15.0. The van der Waals surface area contributed by atoms with Crippen LogP contribution in [0.5, 0.6) is 0 Å². The van der Waals surface area contributed by atoms with Crippen LogP contribution >= 0.6 is 15.9 Å². The Morgan fingerprint density at radius 3 is 2.57 bits per heavy atom. The third-order valence-electron chi connectivity index (χ3n) is 3.54. The van der Waals surface area contributed by atoms with E-state index in [2.05, 4.69) is 41.2 Å². The van der Waals surface area contributed by atoms with Gasteiger partial charge in [-0.05, 0) is 43.3 Å². The lowest BCUT2D eigenvalue weighted by atomic mass is 10.0. The van der Waals surface area contributed by atoms with Gasteiger partial charge in [0, 0.05) is 23.2 Å². The van der Waals surface area contributed by atoms with E-state index in [1.54, 1.807) is 12.1 Å². The minimum Gasteiger partial charge on any atom is -0.342 e. The predicted molar refractivity (Wildman–Crippen MR) is 90.7 cm³/mol. The number of benzene rings is 2. The molecular weight excluding hydrogens is 331 g/mol. The van der Waals surface area contributed by atoms with E-state index in [4.69, 9.17) is 0 Å². The van der Waals surface area contributed by atoms with Crippen LogP contribution < -0.4 is 10.2 Å². The highest BCUT2D eigenvalue weighted by molar-refractivity contribution is 9.10. The summed E-state index contributed by atoms with van der Waals surface area (Å²) in [5.41, 5.74) is 2.70. The molecule has 0 heterocycles. The molecule has 2 rings (SSSR count). The maximum Gasteiger partial charge on any atom is 0.146 e. The van der Waals surface area contributed by atoms with Gasteiger partial charge in [-0.2, -0.15) is 0 Å². The molecule has 1 atom stereocenters. The Morgan fingerprint density at radius 2 is 1.90 bits per heavy atom. The van der Waals surface area contributed by atoms with Crippen LogP contribution in [0.1, 0.15) is 25.5 Å². The SMILES string of the molecule is CCNC(C)c1ccc(Br)cc1N(C)c1ccccc1F. The molecule has 1 N–H and O–H groups in total. The molecule has 0 saturated heterocycles. The number of nitrogens with zero attached hydrogens (tertiary/aromatic N) is 1. The van der Waals surface area contributed by atoms with E-state index in [0.717, 1.165) is 22.3 Å². The van der Waals surface area contributed by atoms with Crippen LogP contribution in [0.3, 0.4) is 0 Å². The van der Waals surface area contributed by atoms with E-state index in [9.17, 15) is 4.39 Å². The fourth-order valence-electron chi connectivity index (χ4n) is 2.44. The monoisotopic (exact) mass is 350 g/mol. The number of rotatable bonds is 5. The molecule has 0 aliphatic heterocycles. The third kappa shape index (κ3) is 3.63. The van der Waals surface area contributed by atoms with Gasteiger partial charge in [0.05, 0.1) is 5.69 Å². The summed E-state index contributed by atoms with van der Waals surface area (Å²) in [6, 6.07) is 13.1. The lowest BCUT2D eigenvalue weighted by Gasteiger charge is -2.26. The zero-order valence-electron chi connectivity index (χ0n) is 12.5. The molecule has 0 saturated carbocycles. The molecule has 0 aliphatic rings. The Labute approximate surface area is 134 Å². The molecule has 0 fully saturated rings. The number of nitrogens with one attached hydrogen (secondary N) is 1. The molecule has 0 amide bonds. The van der Waals surface area contributed by atoms with Crippen molar-refractivity contribution in [1.82, 2.24) is 5.32 Å². The normalized spacial score (nSPS) is 12.2. The van der Waals surface area contributed by atoms with Crippen LogP contribution in [0.25, 0.3) is 0 Å². The zero-order chi connectivity index (χ0) is 15.4. The second-order valence-electron chi connectivity index (χ2n) is 4.99. The zero-order valence-corrected chi connectivity index (χ0v) is 14.1. The molecule has 112 valence electrons. The summed E-state index contributed by atoms with van der Waals surface area (Å²) in [7, 11) is 1.89. The number of halogens is 2. The van der Waals surface area contributed by atoms with Crippen molar-refractivity contribution < 1.29 is 4.39 Å². The largest absolute Gasteiger partial charge is 0.342 e. The maximum absolute atomic E-state index is 14.0. The number of para-hydroxylation sites is 1. The predicted octanol–water partition coefficient (Wildman–Crippen LogP) is 5.03. The van der Waals surface area contributed by atoms with Crippen LogP contribution in [0.2, 0.25) is 0 Å². The fraction of sp³-hybridized carbons (Fsp3) is 0.294. The average molecular weight is 351 g/mol. The summed E-state index contributed by atoms with van der Waals surface area (Å²) in [4.78, 5) is 1.89. The smallest absolute Gasteiger partial charge is 0.146 e. The van der Waals surface area contributed by atoms with E-state index in [1.807, 2.05) is 30.1 Å². The molecule has 2 nitrogen and oxygen atoms in total. The van der Waals surface area contributed by atoms with E-state index < -0.39 is 0 Å². The van der Waals surface area contributed by atoms with Crippen molar-refractivity contribution in [1.29, 1.82) is 0 Å². The van der Waals surface area contributed by atoms with Gasteiger partial charge < -0.3 is 10.2 Å². The standard InChI is InChI=1S/C17H20BrFN2/c1-4-20-12(2)14-10-9-13(18)11-17(14)21(3)16-8-6-5-7-15(16)19/h5-12,20H,4H2,1-3H3. The Bertz CT molecular complexity index is 615. The second-order valence-corrected chi connectivity index (χ2v) is 5.91. The summed E-state index contributed by atoms with van der Waals surface area (Å²) in [5.74, 6) is -0.220. The summed E-state index contributed by atoms with van der Waals surface area (Å²) in [5, 5.41) is 3.41. The molecule has 2 aromatic carbocycles. The first-order valence-electron chi connectivity index (χ1n) is 7.05. The Balaban J connectivity index is 2.47. The summed E-state index contributed by atoms with van der Waals surface area (Å²) in [6.45, 7) is 5.08. The van der Waals surface area contributed by atoms with Gasteiger partial charge in [-0.25, -0.2) is 4.39 Å². The summed E-state index contributed by atoms with van der Waals surface area (Å²) >= 11 is 3.50. The van der Waals surface area contributed by atoms with E-state index in [-0.39, 0.29) is 11.9 Å². The van der Waals surface area contributed by atoms with Crippen molar-refractivity contribution in [3.8, 4) is 0 Å². The van der Waals surface area contributed by atoms with Crippen molar-refractivity contribution in [2.45, 2.75) is 19.9 Å². The molecule has 4 heteroatoms. The lowest BCUT2D eigenvalue weighted by molar-refractivity contribution is 0.597. The number of hydrogen-bond donors (Lipinski definition) is 1. The number of anilines is 2. The van der Waals surface area contributed by atoms with Crippen LogP contribution in [-0.4, -0.2) is 13.6 Å². The quantitative estimate of drug-likeness (QED) is 0.813. The Kier molecular flexibility index (Phi) is 5.37. The fourth-order valence-corrected chi connectivity index (χ4v) is 2.79. The highest BCUT2D eigenvalue weighted by Crippen LogP contribution is 2.34.